The van der Waals surface area contributed by atoms with Gasteiger partial charge >= 0.3 is 0 Å². The highest BCUT2D eigenvalue weighted by molar-refractivity contribution is 7.80. The largest absolute Gasteiger partial charge is 0.497 e. The number of nitrogens with one attached hydrogen (secondary N) is 1. The second kappa shape index (κ2) is 11.7. The molecule has 2 aromatic carbocycles. The molecule has 7 heteroatoms. The first-order valence-corrected chi connectivity index (χ1v) is 10.8. The smallest absolute Gasteiger partial charge is 0.173 e. The average molecular weight is 446 g/mol. The van der Waals surface area contributed by atoms with Crippen LogP contribution in [0, 0.1) is 11.3 Å². The lowest BCUT2D eigenvalue weighted by molar-refractivity contribution is 0.415. The number of methoxy groups -OCH3 is 1. The van der Waals surface area contributed by atoms with Gasteiger partial charge in [-0.15, -0.1) is 0 Å². The second-order valence-corrected chi connectivity index (χ2v) is 7.63. The summed E-state index contributed by atoms with van der Waals surface area (Å²) in [6.45, 7) is 4.20. The van der Waals surface area contributed by atoms with Gasteiger partial charge in [-0.2, -0.15) is 5.26 Å². The lowest BCUT2D eigenvalue weighted by Crippen LogP contribution is -2.36. The minimum Gasteiger partial charge on any atom is -0.497 e. The van der Waals surface area contributed by atoms with Crippen molar-refractivity contribution in [2.24, 2.45) is 0 Å². The van der Waals surface area contributed by atoms with Crippen LogP contribution < -0.4 is 10.1 Å². The van der Waals surface area contributed by atoms with Gasteiger partial charge in [0.05, 0.1) is 25.1 Å². The van der Waals surface area contributed by atoms with Gasteiger partial charge in [0.1, 0.15) is 5.75 Å². The van der Waals surface area contributed by atoms with E-state index in [0.29, 0.717) is 17.2 Å². The molecule has 32 heavy (non-hydrogen) atoms. The second-order valence-electron chi connectivity index (χ2n) is 7.25. The van der Waals surface area contributed by atoms with Crippen molar-refractivity contribution in [3.8, 4) is 11.8 Å². The zero-order valence-corrected chi connectivity index (χ0v) is 19.2. The van der Waals surface area contributed by atoms with Crippen LogP contribution in [0.3, 0.4) is 0 Å². The Hall–Kier alpha value is -3.63. The standard InChI is InChI=1S/C25H27N5OS/c1-3-4-14-29(25(32)28-22-9-11-24(31-2)12-10-22)15-13-23-17-27-19-30(23)18-21-7-5-20(16-26)6-8-21/h3-12,17,19H,13-15,18H2,1-2H3,(H,28,32). The van der Waals surface area contributed by atoms with Crippen molar-refractivity contribution >= 4 is 23.0 Å². The molecule has 0 bridgehead atoms. The van der Waals surface area contributed by atoms with E-state index in [1.165, 1.54) is 0 Å². The zero-order valence-electron chi connectivity index (χ0n) is 18.4. The molecule has 3 rings (SSSR count). The first-order valence-electron chi connectivity index (χ1n) is 10.4. The molecule has 0 spiro atoms. The van der Waals surface area contributed by atoms with Crippen LogP contribution in [-0.2, 0) is 13.0 Å². The molecule has 1 N–H and O–H groups in total. The number of hydrogen-bond acceptors (Lipinski definition) is 4. The van der Waals surface area contributed by atoms with Crippen LogP contribution in [0.1, 0.15) is 23.7 Å². The molecule has 0 aliphatic heterocycles. The SMILES string of the molecule is CC=CCN(CCc1cncn1Cc1ccc(C#N)cc1)C(=S)Nc1ccc(OC)cc1. The molecule has 3 aromatic rings. The Morgan fingerprint density at radius 1 is 1.22 bits per heavy atom. The summed E-state index contributed by atoms with van der Waals surface area (Å²) in [5.41, 5.74) is 3.85. The predicted octanol–water partition coefficient (Wildman–Crippen LogP) is 4.63. The molecule has 0 fully saturated rings. The van der Waals surface area contributed by atoms with Gasteiger partial charge in [-0.1, -0.05) is 24.3 Å². The maximum Gasteiger partial charge on any atom is 0.173 e. The fourth-order valence-electron chi connectivity index (χ4n) is 3.21. The van der Waals surface area contributed by atoms with Gasteiger partial charge in [0.15, 0.2) is 5.11 Å². The minimum absolute atomic E-state index is 0.664. The summed E-state index contributed by atoms with van der Waals surface area (Å²) >= 11 is 5.69. The van der Waals surface area contributed by atoms with Gasteiger partial charge in [-0.3, -0.25) is 0 Å². The first kappa shape index (κ1) is 23.0. The van der Waals surface area contributed by atoms with Crippen LogP contribution in [0.5, 0.6) is 5.75 Å². The molecule has 0 aliphatic rings. The number of hydrogen-bond donors (Lipinski definition) is 1. The summed E-state index contributed by atoms with van der Waals surface area (Å²) in [5, 5.41) is 13.0. The lowest BCUT2D eigenvalue weighted by Gasteiger charge is -2.25. The number of imidazole rings is 1. The molecule has 0 saturated heterocycles. The minimum atomic E-state index is 0.664. The number of nitrogens with zero attached hydrogens (tertiary/aromatic N) is 4. The van der Waals surface area contributed by atoms with Crippen molar-refractivity contribution in [3.63, 3.8) is 0 Å². The Balaban J connectivity index is 1.64. The van der Waals surface area contributed by atoms with Crippen molar-refractivity contribution in [1.29, 1.82) is 5.26 Å². The van der Waals surface area contributed by atoms with Gasteiger partial charge < -0.3 is 19.5 Å². The Labute approximate surface area is 194 Å². The van der Waals surface area contributed by atoms with E-state index in [0.717, 1.165) is 42.2 Å². The van der Waals surface area contributed by atoms with E-state index < -0.39 is 0 Å². The highest BCUT2D eigenvalue weighted by atomic mass is 32.1. The number of allylic oxidation sites excluding steroid dienone is 1. The van der Waals surface area contributed by atoms with E-state index in [2.05, 4.69) is 31.9 Å². The van der Waals surface area contributed by atoms with Crippen LogP contribution in [0.2, 0.25) is 0 Å². The lowest BCUT2D eigenvalue weighted by atomic mass is 10.1. The normalized spacial score (nSPS) is 10.7. The quantitative estimate of drug-likeness (QED) is 0.383. The monoisotopic (exact) mass is 445 g/mol. The number of aromatic nitrogens is 2. The summed E-state index contributed by atoms with van der Waals surface area (Å²) < 4.78 is 7.35. The van der Waals surface area contributed by atoms with Crippen molar-refractivity contribution in [3.05, 3.63) is 90.0 Å². The Morgan fingerprint density at radius 3 is 2.62 bits per heavy atom. The molecule has 1 heterocycles. The van der Waals surface area contributed by atoms with Crippen molar-refractivity contribution < 1.29 is 4.74 Å². The molecule has 6 nitrogen and oxygen atoms in total. The fourth-order valence-corrected chi connectivity index (χ4v) is 3.50. The van der Waals surface area contributed by atoms with Crippen LogP contribution in [-0.4, -0.2) is 39.8 Å². The van der Waals surface area contributed by atoms with E-state index in [4.69, 9.17) is 22.2 Å². The van der Waals surface area contributed by atoms with Gasteiger partial charge in [0.2, 0.25) is 0 Å². The molecule has 0 amide bonds. The number of benzene rings is 2. The Morgan fingerprint density at radius 2 is 1.97 bits per heavy atom. The fraction of sp³-hybridized carbons (Fsp3) is 0.240. The molecule has 0 saturated carbocycles. The third kappa shape index (κ3) is 6.43. The zero-order chi connectivity index (χ0) is 22.8. The molecule has 0 aliphatic carbocycles. The maximum absolute atomic E-state index is 8.98. The molecular weight excluding hydrogens is 418 g/mol. The summed E-state index contributed by atoms with van der Waals surface area (Å²) in [6, 6.07) is 17.5. The van der Waals surface area contributed by atoms with Crippen LogP contribution in [0.4, 0.5) is 5.69 Å². The molecular formula is C25H27N5OS. The van der Waals surface area contributed by atoms with Gasteiger partial charge in [0.25, 0.3) is 0 Å². The summed E-state index contributed by atoms with van der Waals surface area (Å²) in [4.78, 5) is 6.48. The average Bonchev–Trinajstić information content (AvgIpc) is 3.26. The highest BCUT2D eigenvalue weighted by Gasteiger charge is 2.11. The number of ether oxygens (including phenoxy) is 1. The summed E-state index contributed by atoms with van der Waals surface area (Å²) in [6.07, 6.45) is 8.67. The molecule has 0 radical (unpaired) electrons. The van der Waals surface area contributed by atoms with E-state index in [-0.39, 0.29) is 0 Å². The van der Waals surface area contributed by atoms with Crippen molar-refractivity contribution in [2.75, 3.05) is 25.5 Å². The Bertz CT molecular complexity index is 1080. The maximum atomic E-state index is 8.98. The van der Waals surface area contributed by atoms with Crippen molar-refractivity contribution in [1.82, 2.24) is 14.5 Å². The number of thiocarbonyl (C=S) groups is 1. The molecule has 164 valence electrons. The van der Waals surface area contributed by atoms with Crippen LogP contribution in [0.25, 0.3) is 0 Å². The topological polar surface area (TPSA) is 66.1 Å². The van der Waals surface area contributed by atoms with Crippen molar-refractivity contribution in [2.45, 2.75) is 19.9 Å². The number of rotatable bonds is 9. The van der Waals surface area contributed by atoms with E-state index in [1.54, 1.807) is 7.11 Å². The van der Waals surface area contributed by atoms with E-state index in [1.807, 2.05) is 74.1 Å². The molecule has 0 atom stereocenters. The third-order valence-electron chi connectivity index (χ3n) is 5.06. The number of nitriles is 1. The Kier molecular flexibility index (Phi) is 8.41. The summed E-state index contributed by atoms with van der Waals surface area (Å²) in [5.74, 6) is 0.808. The summed E-state index contributed by atoms with van der Waals surface area (Å²) in [7, 11) is 1.65. The first-order chi connectivity index (χ1) is 15.6. The molecule has 0 unspecified atom stereocenters. The molecule has 1 aromatic heterocycles. The van der Waals surface area contributed by atoms with E-state index in [9.17, 15) is 0 Å². The van der Waals surface area contributed by atoms with E-state index >= 15 is 0 Å². The number of anilines is 1. The van der Waals surface area contributed by atoms with Gasteiger partial charge in [-0.25, -0.2) is 4.98 Å². The highest BCUT2D eigenvalue weighted by Crippen LogP contribution is 2.16. The predicted molar refractivity (Wildman–Crippen MR) is 132 cm³/mol. The van der Waals surface area contributed by atoms with Crippen LogP contribution >= 0.6 is 12.2 Å². The third-order valence-corrected chi connectivity index (χ3v) is 5.42. The van der Waals surface area contributed by atoms with Gasteiger partial charge in [0, 0.05) is 43.6 Å². The van der Waals surface area contributed by atoms with Gasteiger partial charge in [-0.05, 0) is 61.1 Å². The van der Waals surface area contributed by atoms with Crippen LogP contribution in [0.15, 0.2) is 73.2 Å².